The van der Waals surface area contributed by atoms with E-state index in [1.165, 1.54) is 58.3 Å². The van der Waals surface area contributed by atoms with E-state index in [9.17, 15) is 0 Å². The predicted octanol–water partition coefficient (Wildman–Crippen LogP) is 1.88. The average molecular weight is 240 g/mol. The van der Waals surface area contributed by atoms with Gasteiger partial charge in [0.25, 0.3) is 0 Å². The van der Waals surface area contributed by atoms with E-state index in [4.69, 9.17) is 4.74 Å². The molecule has 0 bridgehead atoms. The van der Waals surface area contributed by atoms with E-state index in [1.54, 1.807) is 0 Å². The number of rotatable bonds is 6. The Morgan fingerprint density at radius 2 is 2.18 bits per heavy atom. The van der Waals surface area contributed by atoms with Gasteiger partial charge in [-0.1, -0.05) is 6.92 Å². The summed E-state index contributed by atoms with van der Waals surface area (Å²) in [5, 5.41) is 3.56. The van der Waals surface area contributed by atoms with E-state index in [0.717, 1.165) is 12.0 Å². The zero-order chi connectivity index (χ0) is 12.1. The SMILES string of the molecule is CCCNCC1CCN(C2CCC(OC)C2)C1. The van der Waals surface area contributed by atoms with Gasteiger partial charge in [-0.2, -0.15) is 0 Å². The highest BCUT2D eigenvalue weighted by Crippen LogP contribution is 2.29. The van der Waals surface area contributed by atoms with Crippen LogP contribution in [-0.4, -0.2) is 50.3 Å². The van der Waals surface area contributed by atoms with Crippen molar-refractivity contribution in [2.45, 2.75) is 51.2 Å². The molecule has 0 aromatic rings. The lowest BCUT2D eigenvalue weighted by Crippen LogP contribution is -2.33. The third-order valence-electron chi connectivity index (χ3n) is 4.38. The highest BCUT2D eigenvalue weighted by Gasteiger charge is 2.33. The van der Waals surface area contributed by atoms with E-state index in [-0.39, 0.29) is 0 Å². The molecule has 0 radical (unpaired) electrons. The Morgan fingerprint density at radius 3 is 2.88 bits per heavy atom. The maximum absolute atomic E-state index is 5.47. The highest BCUT2D eigenvalue weighted by molar-refractivity contribution is 4.88. The van der Waals surface area contributed by atoms with Crippen molar-refractivity contribution in [2.24, 2.45) is 5.92 Å². The Bertz CT molecular complexity index is 222. The lowest BCUT2D eigenvalue weighted by molar-refractivity contribution is 0.0992. The summed E-state index contributed by atoms with van der Waals surface area (Å²) in [7, 11) is 1.86. The fourth-order valence-corrected chi connectivity index (χ4v) is 3.31. The average Bonchev–Trinajstić information content (AvgIpc) is 2.97. The second-order valence-corrected chi connectivity index (χ2v) is 5.68. The van der Waals surface area contributed by atoms with Crippen LogP contribution in [0.3, 0.4) is 0 Å². The molecule has 1 heterocycles. The standard InChI is InChI=1S/C14H28N2O/c1-3-7-15-10-12-6-8-16(11-12)13-4-5-14(9-13)17-2/h12-15H,3-11H2,1-2H3. The molecule has 3 unspecified atom stereocenters. The molecule has 1 aliphatic carbocycles. The number of hydrogen-bond acceptors (Lipinski definition) is 3. The molecule has 0 aromatic carbocycles. The van der Waals surface area contributed by atoms with Gasteiger partial charge in [0, 0.05) is 19.7 Å². The number of hydrogen-bond donors (Lipinski definition) is 1. The van der Waals surface area contributed by atoms with Crippen LogP contribution in [0.1, 0.15) is 39.0 Å². The molecule has 2 rings (SSSR count). The molecule has 0 amide bonds. The van der Waals surface area contributed by atoms with Crippen molar-refractivity contribution in [3.05, 3.63) is 0 Å². The number of nitrogens with zero attached hydrogens (tertiary/aromatic N) is 1. The molecule has 100 valence electrons. The van der Waals surface area contributed by atoms with Gasteiger partial charge in [0.2, 0.25) is 0 Å². The number of ether oxygens (including phenoxy) is 1. The summed E-state index contributed by atoms with van der Waals surface area (Å²) in [4.78, 5) is 2.71. The minimum Gasteiger partial charge on any atom is -0.381 e. The molecule has 0 aromatic heterocycles. The van der Waals surface area contributed by atoms with Crippen molar-refractivity contribution in [2.75, 3.05) is 33.3 Å². The summed E-state index contributed by atoms with van der Waals surface area (Å²) in [5.41, 5.74) is 0. The topological polar surface area (TPSA) is 24.5 Å². The van der Waals surface area contributed by atoms with Gasteiger partial charge in [0.1, 0.15) is 0 Å². The zero-order valence-corrected chi connectivity index (χ0v) is 11.5. The van der Waals surface area contributed by atoms with Gasteiger partial charge in [-0.05, 0) is 57.7 Å². The van der Waals surface area contributed by atoms with Crippen LogP contribution in [0.2, 0.25) is 0 Å². The molecule has 17 heavy (non-hydrogen) atoms. The Labute approximate surface area is 106 Å². The molecular weight excluding hydrogens is 212 g/mol. The molecule has 3 atom stereocenters. The maximum atomic E-state index is 5.47. The Morgan fingerprint density at radius 1 is 1.29 bits per heavy atom. The van der Waals surface area contributed by atoms with Crippen molar-refractivity contribution >= 4 is 0 Å². The molecular formula is C14H28N2O. The Balaban J connectivity index is 1.67. The van der Waals surface area contributed by atoms with E-state index in [2.05, 4.69) is 17.1 Å². The van der Waals surface area contributed by atoms with Gasteiger partial charge < -0.3 is 10.1 Å². The lowest BCUT2D eigenvalue weighted by atomic mass is 10.1. The Hall–Kier alpha value is -0.120. The molecule has 1 saturated carbocycles. The molecule has 2 aliphatic rings. The van der Waals surface area contributed by atoms with Gasteiger partial charge >= 0.3 is 0 Å². The van der Waals surface area contributed by atoms with Gasteiger partial charge in [0.15, 0.2) is 0 Å². The van der Waals surface area contributed by atoms with Crippen molar-refractivity contribution in [3.63, 3.8) is 0 Å². The van der Waals surface area contributed by atoms with Gasteiger partial charge in [-0.3, -0.25) is 4.90 Å². The molecule has 3 heteroatoms. The van der Waals surface area contributed by atoms with Crippen LogP contribution in [0.25, 0.3) is 0 Å². The third kappa shape index (κ3) is 3.67. The van der Waals surface area contributed by atoms with Crippen molar-refractivity contribution in [1.29, 1.82) is 0 Å². The molecule has 1 N–H and O–H groups in total. The van der Waals surface area contributed by atoms with Crippen LogP contribution in [0.4, 0.5) is 0 Å². The number of likely N-dealkylation sites (tertiary alicyclic amines) is 1. The fourth-order valence-electron chi connectivity index (χ4n) is 3.31. The number of nitrogens with one attached hydrogen (secondary N) is 1. The molecule has 3 nitrogen and oxygen atoms in total. The highest BCUT2D eigenvalue weighted by atomic mass is 16.5. The van der Waals surface area contributed by atoms with Crippen molar-refractivity contribution in [3.8, 4) is 0 Å². The molecule has 2 fully saturated rings. The summed E-state index contributed by atoms with van der Waals surface area (Å²) in [6, 6.07) is 0.802. The van der Waals surface area contributed by atoms with Crippen LogP contribution in [0, 0.1) is 5.92 Å². The van der Waals surface area contributed by atoms with Crippen LogP contribution in [0.15, 0.2) is 0 Å². The first-order valence-corrected chi connectivity index (χ1v) is 7.31. The Kier molecular flexibility index (Phi) is 5.26. The minimum absolute atomic E-state index is 0.525. The maximum Gasteiger partial charge on any atom is 0.0586 e. The molecule has 1 saturated heterocycles. The van der Waals surface area contributed by atoms with Crippen molar-refractivity contribution < 1.29 is 4.74 Å². The summed E-state index contributed by atoms with van der Waals surface area (Å²) in [6.07, 6.45) is 7.01. The summed E-state index contributed by atoms with van der Waals surface area (Å²) in [6.45, 7) is 7.23. The smallest absolute Gasteiger partial charge is 0.0586 e. The van der Waals surface area contributed by atoms with Crippen molar-refractivity contribution in [1.82, 2.24) is 10.2 Å². The molecule has 0 spiro atoms. The lowest BCUT2D eigenvalue weighted by Gasteiger charge is -2.24. The van der Waals surface area contributed by atoms with E-state index in [1.807, 2.05) is 7.11 Å². The fraction of sp³-hybridized carbons (Fsp3) is 1.00. The second-order valence-electron chi connectivity index (χ2n) is 5.68. The van der Waals surface area contributed by atoms with Gasteiger partial charge in [-0.25, -0.2) is 0 Å². The van der Waals surface area contributed by atoms with Crippen LogP contribution in [-0.2, 0) is 4.74 Å². The predicted molar refractivity (Wildman–Crippen MR) is 71.3 cm³/mol. The first kappa shape index (κ1) is 13.3. The minimum atomic E-state index is 0.525. The first-order valence-electron chi connectivity index (χ1n) is 7.31. The first-order chi connectivity index (χ1) is 8.33. The zero-order valence-electron chi connectivity index (χ0n) is 11.5. The van der Waals surface area contributed by atoms with E-state index >= 15 is 0 Å². The summed E-state index contributed by atoms with van der Waals surface area (Å²) in [5.74, 6) is 0.878. The third-order valence-corrected chi connectivity index (χ3v) is 4.38. The molecule has 1 aliphatic heterocycles. The normalized spacial score (nSPS) is 34.6. The van der Waals surface area contributed by atoms with E-state index in [0.29, 0.717) is 6.10 Å². The van der Waals surface area contributed by atoms with Crippen LogP contribution >= 0.6 is 0 Å². The second kappa shape index (κ2) is 6.72. The summed E-state index contributed by atoms with van der Waals surface area (Å²) < 4.78 is 5.47. The van der Waals surface area contributed by atoms with Gasteiger partial charge in [-0.15, -0.1) is 0 Å². The quantitative estimate of drug-likeness (QED) is 0.717. The van der Waals surface area contributed by atoms with Gasteiger partial charge in [0.05, 0.1) is 6.10 Å². The number of methoxy groups -OCH3 is 1. The van der Waals surface area contributed by atoms with Crippen LogP contribution < -0.4 is 5.32 Å². The van der Waals surface area contributed by atoms with Crippen LogP contribution in [0.5, 0.6) is 0 Å². The monoisotopic (exact) mass is 240 g/mol. The summed E-state index contributed by atoms with van der Waals surface area (Å²) >= 11 is 0. The largest absolute Gasteiger partial charge is 0.381 e. The van der Waals surface area contributed by atoms with E-state index < -0.39 is 0 Å².